The molecule has 6 nitrogen and oxygen atoms in total. The molecule has 0 fully saturated rings. The van der Waals surface area contributed by atoms with Gasteiger partial charge in [-0.3, -0.25) is 14.4 Å². The van der Waals surface area contributed by atoms with Gasteiger partial charge in [0.15, 0.2) is 0 Å². The zero-order chi connectivity index (χ0) is 72.7. The van der Waals surface area contributed by atoms with Gasteiger partial charge in [0, 0.05) is 121 Å². The van der Waals surface area contributed by atoms with Crippen LogP contribution in [0.15, 0.2) is 35.4 Å². The molecule has 0 aromatic rings. The minimum atomic E-state index is -7.13. The Labute approximate surface area is 397 Å². The molecule has 3 N–H and O–H groups in total. The van der Waals surface area contributed by atoms with Crippen molar-refractivity contribution < 1.29 is 212 Å². The van der Waals surface area contributed by atoms with Crippen LogP contribution < -0.4 is 0 Å². The molecule has 0 heterocycles. The number of aliphatic hydroxyl groups is 3. The van der Waals surface area contributed by atoms with Gasteiger partial charge in [0.2, 0.25) is 17.3 Å². The maximum Gasteiger partial charge on any atom is 0.460 e. The van der Waals surface area contributed by atoms with E-state index in [1.807, 2.05) is 0 Å². The van der Waals surface area contributed by atoms with Gasteiger partial charge in [-0.1, -0.05) is 61.7 Å². The first-order chi connectivity index (χ1) is 36.7. The molecule has 0 aliphatic rings. The number of alkyl halides is 21. The predicted molar refractivity (Wildman–Crippen MR) is 153 cm³/mol. The summed E-state index contributed by atoms with van der Waals surface area (Å²) in [6, 6.07) is -9.16. The van der Waals surface area contributed by atoms with Crippen LogP contribution in [-0.4, -0.2) is 86.7 Å². The van der Waals surface area contributed by atoms with Crippen molar-refractivity contribution in [2.24, 2.45) is 16.2 Å². The molecule has 0 bridgehead atoms. The fourth-order valence-corrected chi connectivity index (χ4v) is 1.80. The van der Waals surface area contributed by atoms with E-state index in [2.05, 4.69) is 0 Å². The summed E-state index contributed by atoms with van der Waals surface area (Å²) in [4.78, 5) is 34.3. The maximum absolute atomic E-state index is 13.5. The van der Waals surface area contributed by atoms with Crippen LogP contribution in [-0.2, 0) is 14.4 Å². The Morgan fingerprint density at radius 2 is 0.517 bits per heavy atom. The van der Waals surface area contributed by atoms with Crippen molar-refractivity contribution in [3.63, 3.8) is 0 Å². The Bertz CT molecular complexity index is 2240. The topological polar surface area (TPSA) is 112 Å². The van der Waals surface area contributed by atoms with E-state index in [4.69, 9.17) is 41.1 Å². The fraction of sp³-hybridized carbons (Fsp3) is 0.700. The van der Waals surface area contributed by atoms with Crippen molar-refractivity contribution in [3.8, 4) is 0 Å². The van der Waals surface area contributed by atoms with Gasteiger partial charge in [-0.2, -0.15) is 92.2 Å². The molecule has 0 unspecified atom stereocenters. The molecule has 0 saturated carbocycles. The van der Waals surface area contributed by atoms with Gasteiger partial charge >= 0.3 is 54.1 Å². The Balaban J connectivity index is -0.000000598. The molecule has 58 heavy (non-hydrogen) atoms. The quantitative estimate of drug-likeness (QED) is 0.120. The van der Waals surface area contributed by atoms with Crippen LogP contribution in [0, 0.1) is 65.6 Å². The number of hydrogen-bond acceptors (Lipinski definition) is 6. The molecular formula is C30H33EuF21O6. The van der Waals surface area contributed by atoms with Crippen molar-refractivity contribution in [1.82, 2.24) is 0 Å². The Morgan fingerprint density at radius 3 is 0.621 bits per heavy atom. The smallest absolute Gasteiger partial charge is 0.460 e. The molecule has 0 spiro atoms. The van der Waals surface area contributed by atoms with Crippen LogP contribution in [0.1, 0.15) is 103 Å². The van der Waals surface area contributed by atoms with Crippen molar-refractivity contribution >= 4 is 17.3 Å². The second kappa shape index (κ2) is 19.2. The second-order valence-corrected chi connectivity index (χ2v) is 9.60. The summed E-state index contributed by atoms with van der Waals surface area (Å²) in [6.07, 6.45) is -21.2. The van der Waals surface area contributed by atoms with E-state index in [1.165, 1.54) is 0 Å². The van der Waals surface area contributed by atoms with Crippen LogP contribution in [0.4, 0.5) is 92.2 Å². The number of allylic oxidation sites excluding steroid dienone is 6. The molecule has 0 aliphatic carbocycles. The van der Waals surface area contributed by atoms with E-state index in [1.54, 1.807) is 0 Å². The number of aliphatic hydroxyl groups excluding tert-OH is 3. The van der Waals surface area contributed by atoms with Crippen molar-refractivity contribution in [3.05, 3.63) is 35.4 Å². The first-order valence-electron chi connectivity index (χ1n) is 27.0. The van der Waals surface area contributed by atoms with E-state index in [-0.39, 0.29) is 49.4 Å². The van der Waals surface area contributed by atoms with Gasteiger partial charge in [-0.25, -0.2) is 0 Å². The minimum absolute atomic E-state index is 0. The summed E-state index contributed by atoms with van der Waals surface area (Å²) >= 11 is 0. The molecule has 0 aromatic carbocycles. The zero-order valence-electron chi connectivity index (χ0n) is 55.9. The largest absolute Gasteiger partial charge is 0.512 e. The average molecular weight is 1070 g/mol. The van der Waals surface area contributed by atoms with Crippen LogP contribution in [0.5, 0.6) is 0 Å². The van der Waals surface area contributed by atoms with Crippen molar-refractivity contribution in [2.45, 2.75) is 116 Å². The van der Waals surface area contributed by atoms with Crippen LogP contribution in [0.25, 0.3) is 0 Å². The van der Waals surface area contributed by atoms with E-state index < -0.39 is 185 Å². The minimum Gasteiger partial charge on any atom is -0.512 e. The van der Waals surface area contributed by atoms with Crippen molar-refractivity contribution in [2.75, 3.05) is 0 Å². The van der Waals surface area contributed by atoms with Crippen LogP contribution in [0.3, 0.4) is 0 Å². The summed E-state index contributed by atoms with van der Waals surface area (Å²) in [5.41, 5.74) is -13.9. The summed E-state index contributed by atoms with van der Waals surface area (Å²) in [7, 11) is 0. The normalized spacial score (nSPS) is 25.4. The standard InChI is InChI=1S/3C10H11F7O2.Eu/c3*1-7(2,3)5(18)4-6(19)8(11,12)9(13,14)10(15,16)17;/h3*4,18H,1-3H3;/b3*5-4-;/i3*1D3,2D3,3D3,4D;. The third-order valence-electron chi connectivity index (χ3n) is 4.87. The molecule has 0 saturated heterocycles. The average Bonchev–Trinajstić information content (AvgIpc) is 3.19. The predicted octanol–water partition coefficient (Wildman–Crippen LogP) is 11.6. The molecule has 28 heteroatoms. The van der Waals surface area contributed by atoms with Gasteiger partial charge in [0.05, 0.1) is 4.11 Å². The molecule has 0 rings (SSSR count). The molecule has 0 amide bonds. The molecule has 0 aromatic heterocycles. The van der Waals surface area contributed by atoms with Gasteiger partial charge < -0.3 is 15.3 Å². The third kappa shape index (κ3) is 15.0. The van der Waals surface area contributed by atoms with E-state index in [9.17, 15) is 122 Å². The second-order valence-electron chi connectivity index (χ2n) is 9.60. The molecule has 343 valence electrons. The summed E-state index contributed by atoms with van der Waals surface area (Å²) in [5.74, 6) is -62.2. The zero-order valence-corrected chi connectivity index (χ0v) is 28.3. The Hall–Kier alpha value is -2.26. The van der Waals surface area contributed by atoms with Gasteiger partial charge in [0.25, 0.3) is 0 Å². The first kappa shape index (κ1) is 25.0. The van der Waals surface area contributed by atoms with Gasteiger partial charge in [-0.05, 0) is 0 Å². The Kier molecular flexibility index (Phi) is 8.28. The first-order valence-corrected chi connectivity index (χ1v) is 12.0. The molecule has 0 atom stereocenters. The molecule has 0 aliphatic heterocycles. The van der Waals surface area contributed by atoms with E-state index in [0.717, 1.165) is 0 Å². The number of rotatable bonds is 9. The number of halogens is 21. The van der Waals surface area contributed by atoms with Crippen LogP contribution >= 0.6 is 0 Å². The summed E-state index contributed by atoms with van der Waals surface area (Å²) in [5, 5.41) is 29.3. The number of hydrogen-bond donors (Lipinski definition) is 3. The maximum atomic E-state index is 13.5. The van der Waals surface area contributed by atoms with Gasteiger partial charge in [-0.15, -0.1) is 0 Å². The SMILES string of the molecule is [2H]/C(C(=O)C(F)(F)C(F)(F)C(F)(F)F)=C(/O)C(C([2H])([2H])[2H])(C([2H])([2H])[2H])C([2H])([2H])[2H].[2H]/C(C(=O)C(F)(F)C(F)(F)C(F)(F)F)=C(/O)C(C([2H])([2H])[2H])(C([2H])([2H])[2H])C([2H])([2H])[2H].[2H]/C(C(=O)C(F)(F)C(F)(F)C(F)(F)F)=C(/O)C(C([2H])([2H])[2H])(C([2H])([2H])[2H])C([2H])([2H])[2H].[Eu]. The van der Waals surface area contributed by atoms with E-state index in [0.29, 0.717) is 0 Å². The Morgan fingerprint density at radius 1 is 0.379 bits per heavy atom. The third-order valence-corrected chi connectivity index (χ3v) is 4.87. The summed E-state index contributed by atoms with van der Waals surface area (Å²) < 4.78 is 481. The number of carbonyl (C=O) groups excluding carboxylic acids is 3. The number of carbonyl (C=O) groups is 3. The van der Waals surface area contributed by atoms with Crippen molar-refractivity contribution in [1.29, 1.82) is 0 Å². The number of ketones is 3. The molecular weight excluding hydrogens is 1010 g/mol. The fourth-order valence-electron chi connectivity index (χ4n) is 1.80. The van der Waals surface area contributed by atoms with Crippen LogP contribution in [0.2, 0.25) is 0 Å². The van der Waals surface area contributed by atoms with Gasteiger partial charge in [0.1, 0.15) is 17.3 Å². The summed E-state index contributed by atoms with van der Waals surface area (Å²) in [6.45, 7) is -39.6. The van der Waals surface area contributed by atoms with E-state index >= 15 is 0 Å². The molecule has 1 radical (unpaired) electrons. The monoisotopic (exact) mass is 1070 g/mol.